The van der Waals surface area contributed by atoms with Crippen LogP contribution >= 0.6 is 27.3 Å². The number of carbonyl (C=O) groups excluding carboxylic acids is 3. The Kier molecular flexibility index (Phi) is 7.17. The lowest BCUT2D eigenvalue weighted by molar-refractivity contribution is -0.141. The van der Waals surface area contributed by atoms with Gasteiger partial charge < -0.3 is 5.32 Å². The summed E-state index contributed by atoms with van der Waals surface area (Å²) < 4.78 is 1.09. The van der Waals surface area contributed by atoms with Crippen LogP contribution in [0.3, 0.4) is 0 Å². The second kappa shape index (κ2) is 9.80. The van der Waals surface area contributed by atoms with Gasteiger partial charge in [0.1, 0.15) is 5.78 Å². The van der Waals surface area contributed by atoms with E-state index in [1.807, 2.05) is 12.1 Å². The van der Waals surface area contributed by atoms with E-state index in [-0.39, 0.29) is 34.5 Å². The molecule has 0 saturated heterocycles. The highest BCUT2D eigenvalue weighted by Crippen LogP contribution is 2.66. The first-order chi connectivity index (χ1) is 17.1. The minimum Gasteiger partial charge on any atom is -0.348 e. The molecule has 196 valence electrons. The van der Waals surface area contributed by atoms with Gasteiger partial charge >= 0.3 is 0 Å². The van der Waals surface area contributed by atoms with E-state index in [0.29, 0.717) is 48.7 Å². The van der Waals surface area contributed by atoms with Crippen molar-refractivity contribution in [3.63, 3.8) is 0 Å². The standard InChI is InChI=1S/C30H40BrNO3S/c1-5-23(25-8-9-26(31)36-25)32-27(35)14-17(2)20-6-7-21-28-22(11-13-30(20,21)4)29(3)12-10-19(33)15-18(29)16-24(28)34/h8-9,15,17,20-23,28H,5-7,10-14,16H2,1-4H3,(H,32,35)/t17-,20?,21+,22+,23-,28+,29+,30-/m1/s1. The van der Waals surface area contributed by atoms with Gasteiger partial charge in [0.05, 0.1) is 9.83 Å². The largest absolute Gasteiger partial charge is 0.348 e. The summed E-state index contributed by atoms with van der Waals surface area (Å²) in [7, 11) is 0. The van der Waals surface area contributed by atoms with Crippen molar-refractivity contribution >= 4 is 44.7 Å². The normalized spacial score (nSPS) is 37.4. The van der Waals surface area contributed by atoms with Crippen LogP contribution in [0.1, 0.15) is 96.4 Å². The van der Waals surface area contributed by atoms with Crippen molar-refractivity contribution in [3.05, 3.63) is 32.4 Å². The second-order valence-corrected chi connectivity index (χ2v) is 15.0. The number of rotatable bonds is 6. The van der Waals surface area contributed by atoms with E-state index < -0.39 is 0 Å². The lowest BCUT2D eigenvalue weighted by atomic mass is 9.46. The summed E-state index contributed by atoms with van der Waals surface area (Å²) in [4.78, 5) is 40.0. The van der Waals surface area contributed by atoms with Crippen molar-refractivity contribution in [2.75, 3.05) is 0 Å². The molecule has 1 amide bonds. The molecule has 0 aromatic carbocycles. The molecule has 4 aliphatic carbocycles. The average Bonchev–Trinajstić information content (AvgIpc) is 3.41. The number of amides is 1. The first kappa shape index (κ1) is 26.3. The van der Waals surface area contributed by atoms with E-state index in [9.17, 15) is 14.4 Å². The van der Waals surface area contributed by atoms with Crippen molar-refractivity contribution in [2.24, 2.45) is 40.4 Å². The molecule has 1 aromatic rings. The van der Waals surface area contributed by atoms with Crippen LogP contribution < -0.4 is 5.32 Å². The predicted octanol–water partition coefficient (Wildman–Crippen LogP) is 7.43. The molecule has 0 bridgehead atoms. The second-order valence-electron chi connectivity index (χ2n) is 12.5. The smallest absolute Gasteiger partial charge is 0.220 e. The highest BCUT2D eigenvalue weighted by Gasteiger charge is 2.61. The number of nitrogens with one attached hydrogen (secondary N) is 1. The maximum absolute atomic E-state index is 13.5. The van der Waals surface area contributed by atoms with Gasteiger partial charge in [0.25, 0.3) is 0 Å². The van der Waals surface area contributed by atoms with Crippen molar-refractivity contribution < 1.29 is 14.4 Å². The zero-order valence-electron chi connectivity index (χ0n) is 22.1. The van der Waals surface area contributed by atoms with Gasteiger partial charge in [-0.25, -0.2) is 0 Å². The van der Waals surface area contributed by atoms with Gasteiger partial charge in [-0.1, -0.05) is 33.3 Å². The van der Waals surface area contributed by atoms with Crippen LogP contribution in [-0.4, -0.2) is 17.5 Å². The SMILES string of the molecule is CC[C@@H](NC(=O)C[C@@H](C)C1CC[C@H]2[C@@H]3C(=O)CC4=CC(=O)CC[C@]4(C)[C@H]3CC[C@]12C)c1ccc(Br)s1. The molecule has 1 heterocycles. The third kappa shape index (κ3) is 4.38. The van der Waals surface area contributed by atoms with Gasteiger partial charge in [-0.15, -0.1) is 11.3 Å². The molecule has 3 saturated carbocycles. The van der Waals surface area contributed by atoms with Crippen molar-refractivity contribution in [1.82, 2.24) is 5.32 Å². The minimum atomic E-state index is 0.00333. The van der Waals surface area contributed by atoms with Gasteiger partial charge in [-0.2, -0.15) is 0 Å². The first-order valence-electron chi connectivity index (χ1n) is 13.9. The highest BCUT2D eigenvalue weighted by atomic mass is 79.9. The van der Waals surface area contributed by atoms with Gasteiger partial charge in [-0.05, 0) is 107 Å². The van der Waals surface area contributed by atoms with Gasteiger partial charge in [0.15, 0.2) is 5.78 Å². The molecule has 36 heavy (non-hydrogen) atoms. The van der Waals surface area contributed by atoms with E-state index in [2.05, 4.69) is 55.0 Å². The van der Waals surface area contributed by atoms with Crippen LogP contribution in [0.25, 0.3) is 0 Å². The molecule has 5 rings (SSSR count). The van der Waals surface area contributed by atoms with Crippen LogP contribution in [0.15, 0.2) is 27.6 Å². The maximum atomic E-state index is 13.5. The van der Waals surface area contributed by atoms with Crippen molar-refractivity contribution in [1.29, 1.82) is 0 Å². The summed E-state index contributed by atoms with van der Waals surface area (Å²) in [5.74, 6) is 2.35. The van der Waals surface area contributed by atoms with Crippen LogP contribution in [0.2, 0.25) is 0 Å². The Labute approximate surface area is 228 Å². The van der Waals surface area contributed by atoms with Gasteiger partial charge in [-0.3, -0.25) is 14.4 Å². The number of fused-ring (bicyclic) bond motifs is 5. The Morgan fingerprint density at radius 1 is 1.17 bits per heavy atom. The molecule has 0 aliphatic heterocycles. The molecule has 8 atom stereocenters. The Bertz CT molecular complexity index is 1090. The highest BCUT2D eigenvalue weighted by molar-refractivity contribution is 9.11. The van der Waals surface area contributed by atoms with E-state index in [0.717, 1.165) is 47.9 Å². The lowest BCUT2D eigenvalue weighted by Crippen LogP contribution is -2.54. The summed E-state index contributed by atoms with van der Waals surface area (Å²) in [5.41, 5.74) is 1.22. The number of hydrogen-bond acceptors (Lipinski definition) is 4. The summed E-state index contributed by atoms with van der Waals surface area (Å²) in [6, 6.07) is 4.20. The average molecular weight is 575 g/mol. The van der Waals surface area contributed by atoms with Crippen molar-refractivity contribution in [2.45, 2.75) is 91.5 Å². The molecule has 1 N–H and O–H groups in total. The number of carbonyl (C=O) groups is 3. The van der Waals surface area contributed by atoms with Gasteiger partial charge in [0, 0.05) is 30.1 Å². The molecule has 6 heteroatoms. The first-order valence-corrected chi connectivity index (χ1v) is 15.5. The zero-order valence-corrected chi connectivity index (χ0v) is 24.5. The Balaban J connectivity index is 1.29. The van der Waals surface area contributed by atoms with Crippen molar-refractivity contribution in [3.8, 4) is 0 Å². The molecular weight excluding hydrogens is 534 g/mol. The van der Waals surface area contributed by atoms with Crippen LogP contribution in [-0.2, 0) is 14.4 Å². The maximum Gasteiger partial charge on any atom is 0.220 e. The topological polar surface area (TPSA) is 63.2 Å². The lowest BCUT2D eigenvalue weighted by Gasteiger charge is -2.57. The number of Topliss-reactive ketones (excluding diaryl/α,β-unsaturated/α-hetero) is 1. The molecule has 1 aromatic heterocycles. The third-order valence-electron chi connectivity index (χ3n) is 10.7. The van der Waals surface area contributed by atoms with E-state index >= 15 is 0 Å². The Morgan fingerprint density at radius 2 is 1.94 bits per heavy atom. The quantitative estimate of drug-likeness (QED) is 0.384. The third-order valence-corrected chi connectivity index (χ3v) is 12.5. The predicted molar refractivity (Wildman–Crippen MR) is 148 cm³/mol. The number of hydrogen-bond donors (Lipinski definition) is 1. The van der Waals surface area contributed by atoms with Gasteiger partial charge in [0.2, 0.25) is 5.91 Å². The summed E-state index contributed by atoms with van der Waals surface area (Å²) >= 11 is 5.22. The van der Waals surface area contributed by atoms with E-state index in [1.54, 1.807) is 11.3 Å². The number of thiophene rings is 1. The number of halogens is 1. The van der Waals surface area contributed by atoms with E-state index in [1.165, 1.54) is 4.88 Å². The molecule has 1 unspecified atom stereocenters. The van der Waals surface area contributed by atoms with Crippen LogP contribution in [0, 0.1) is 40.4 Å². The summed E-state index contributed by atoms with van der Waals surface area (Å²) in [6.07, 6.45) is 9.61. The van der Waals surface area contributed by atoms with Crippen LogP contribution in [0.4, 0.5) is 0 Å². The monoisotopic (exact) mass is 573 g/mol. The van der Waals surface area contributed by atoms with Crippen LogP contribution in [0.5, 0.6) is 0 Å². The molecule has 0 spiro atoms. The zero-order chi connectivity index (χ0) is 25.8. The fourth-order valence-electron chi connectivity index (χ4n) is 8.81. The Morgan fingerprint density at radius 3 is 2.64 bits per heavy atom. The molecule has 3 fully saturated rings. The minimum absolute atomic E-state index is 0.00333. The number of allylic oxidation sites excluding steroid dienone is 1. The molecular formula is C30H40BrNO3S. The summed E-state index contributed by atoms with van der Waals surface area (Å²) in [5, 5.41) is 3.29. The molecule has 4 aliphatic rings. The fraction of sp³-hybridized carbons (Fsp3) is 0.700. The number of ketones is 2. The van der Waals surface area contributed by atoms with E-state index in [4.69, 9.17) is 0 Å². The molecule has 0 radical (unpaired) electrons. The fourth-order valence-corrected chi connectivity index (χ4v) is 10.4. The summed E-state index contributed by atoms with van der Waals surface area (Å²) in [6.45, 7) is 9.12. The Hall–Kier alpha value is -1.27. The molecule has 4 nitrogen and oxygen atoms in total.